The molecule has 3 rings (SSSR count). The number of aromatic amines is 1. The number of hydrogen-bond acceptors (Lipinski definition) is 4. The summed E-state index contributed by atoms with van der Waals surface area (Å²) >= 11 is 3.36. The molecule has 0 unspecified atom stereocenters. The summed E-state index contributed by atoms with van der Waals surface area (Å²) in [5.74, 6) is -0.956. The topological polar surface area (TPSA) is 100 Å². The number of nitrogens with zero attached hydrogens (tertiary/aromatic N) is 1. The summed E-state index contributed by atoms with van der Waals surface area (Å²) in [5, 5.41) is 6.71. The number of aromatic nitrogens is 2. The largest absolute Gasteiger partial charge is 0.459 e. The van der Waals surface area contributed by atoms with E-state index >= 15 is 0 Å². The van der Waals surface area contributed by atoms with Crippen molar-refractivity contribution < 1.29 is 14.0 Å². The van der Waals surface area contributed by atoms with Crippen molar-refractivity contribution in [2.24, 2.45) is 0 Å². The van der Waals surface area contributed by atoms with Gasteiger partial charge in [0.2, 0.25) is 0 Å². The maximum absolute atomic E-state index is 12.0. The predicted molar refractivity (Wildman–Crippen MR) is 85.4 cm³/mol. The summed E-state index contributed by atoms with van der Waals surface area (Å²) in [6.45, 7) is 0. The van der Waals surface area contributed by atoms with E-state index in [4.69, 9.17) is 4.42 Å². The highest BCUT2D eigenvalue weighted by molar-refractivity contribution is 9.10. The first kappa shape index (κ1) is 15.0. The standard InChI is InChI=1S/C15H11BrN4O3/c16-10-5-3-9(4-6-10)11-8-12(18-17-11)14(21)19-20-15(22)13-2-1-7-23-13/h1-8H,(H,17,18)(H,19,21)(H,20,22). The molecule has 0 aliphatic rings. The Bertz CT molecular complexity index is 825. The number of amides is 2. The molecule has 0 spiro atoms. The SMILES string of the molecule is O=C(NNC(=O)c1ccco1)c1cc(-c2ccc(Br)cc2)n[nH]1. The fraction of sp³-hybridized carbons (Fsp3) is 0. The molecule has 0 saturated heterocycles. The maximum Gasteiger partial charge on any atom is 0.305 e. The lowest BCUT2D eigenvalue weighted by atomic mass is 10.1. The Morgan fingerprint density at radius 2 is 1.83 bits per heavy atom. The lowest BCUT2D eigenvalue weighted by Crippen LogP contribution is -2.41. The Morgan fingerprint density at radius 1 is 1.09 bits per heavy atom. The van der Waals surface area contributed by atoms with Crippen LogP contribution in [-0.4, -0.2) is 22.0 Å². The molecule has 3 aromatic rings. The third-order valence-electron chi connectivity index (χ3n) is 3.00. The zero-order valence-electron chi connectivity index (χ0n) is 11.7. The molecule has 8 heteroatoms. The van der Waals surface area contributed by atoms with Gasteiger partial charge in [-0.15, -0.1) is 0 Å². The Hall–Kier alpha value is -2.87. The van der Waals surface area contributed by atoms with Gasteiger partial charge in [-0.1, -0.05) is 28.1 Å². The molecule has 0 atom stereocenters. The van der Waals surface area contributed by atoms with Crippen LogP contribution in [-0.2, 0) is 0 Å². The fourth-order valence-electron chi connectivity index (χ4n) is 1.86. The van der Waals surface area contributed by atoms with Crippen LogP contribution in [0, 0.1) is 0 Å². The summed E-state index contributed by atoms with van der Waals surface area (Å²) in [5.41, 5.74) is 6.25. The molecule has 0 aliphatic heterocycles. The lowest BCUT2D eigenvalue weighted by Gasteiger charge is -2.03. The molecule has 0 fully saturated rings. The van der Waals surface area contributed by atoms with Gasteiger partial charge >= 0.3 is 5.91 Å². The van der Waals surface area contributed by atoms with Crippen molar-refractivity contribution in [3.8, 4) is 11.3 Å². The fourth-order valence-corrected chi connectivity index (χ4v) is 2.12. The van der Waals surface area contributed by atoms with Gasteiger partial charge in [-0.3, -0.25) is 25.5 Å². The van der Waals surface area contributed by atoms with Crippen LogP contribution in [0.25, 0.3) is 11.3 Å². The summed E-state index contributed by atoms with van der Waals surface area (Å²) in [7, 11) is 0. The molecule has 7 nitrogen and oxygen atoms in total. The van der Waals surface area contributed by atoms with Crippen LogP contribution in [0.2, 0.25) is 0 Å². The number of carbonyl (C=O) groups is 2. The zero-order chi connectivity index (χ0) is 16.2. The molecule has 3 N–H and O–H groups in total. The van der Waals surface area contributed by atoms with Gasteiger partial charge in [0.25, 0.3) is 5.91 Å². The maximum atomic E-state index is 12.0. The second-order valence-electron chi connectivity index (χ2n) is 4.56. The van der Waals surface area contributed by atoms with E-state index in [-0.39, 0.29) is 11.5 Å². The molecular weight excluding hydrogens is 364 g/mol. The van der Waals surface area contributed by atoms with Gasteiger partial charge in [0, 0.05) is 10.0 Å². The van der Waals surface area contributed by atoms with Gasteiger partial charge in [-0.25, -0.2) is 0 Å². The first-order valence-corrected chi connectivity index (χ1v) is 7.38. The van der Waals surface area contributed by atoms with E-state index in [1.54, 1.807) is 12.1 Å². The molecule has 2 heterocycles. The monoisotopic (exact) mass is 374 g/mol. The highest BCUT2D eigenvalue weighted by Gasteiger charge is 2.13. The second-order valence-corrected chi connectivity index (χ2v) is 5.47. The van der Waals surface area contributed by atoms with Gasteiger partial charge in [-0.05, 0) is 30.3 Å². The number of nitrogens with one attached hydrogen (secondary N) is 3. The normalized spacial score (nSPS) is 10.3. The van der Waals surface area contributed by atoms with Gasteiger partial charge < -0.3 is 4.42 Å². The molecule has 0 saturated carbocycles. The van der Waals surface area contributed by atoms with Crippen molar-refractivity contribution in [1.29, 1.82) is 0 Å². The summed E-state index contributed by atoms with van der Waals surface area (Å²) in [6.07, 6.45) is 1.37. The predicted octanol–water partition coefficient (Wildman–Crippen LogP) is 2.51. The van der Waals surface area contributed by atoms with Gasteiger partial charge in [0.05, 0.1) is 12.0 Å². The molecule has 2 aromatic heterocycles. The zero-order valence-corrected chi connectivity index (χ0v) is 13.3. The van der Waals surface area contributed by atoms with Crippen LogP contribution in [0.3, 0.4) is 0 Å². The summed E-state index contributed by atoms with van der Waals surface area (Å²) in [4.78, 5) is 23.6. The van der Waals surface area contributed by atoms with Crippen molar-refractivity contribution in [1.82, 2.24) is 21.0 Å². The minimum Gasteiger partial charge on any atom is -0.459 e. The Labute approximate surface area is 139 Å². The van der Waals surface area contributed by atoms with Crippen LogP contribution in [0.5, 0.6) is 0 Å². The average molecular weight is 375 g/mol. The second kappa shape index (κ2) is 6.49. The minimum atomic E-state index is -0.545. The van der Waals surface area contributed by atoms with Gasteiger partial charge in [0.15, 0.2) is 5.76 Å². The molecule has 0 bridgehead atoms. The van der Waals surface area contributed by atoms with Crippen molar-refractivity contribution >= 4 is 27.7 Å². The number of furan rings is 1. The number of rotatable bonds is 3. The minimum absolute atomic E-state index is 0.102. The Morgan fingerprint density at radius 3 is 2.52 bits per heavy atom. The number of benzene rings is 1. The molecule has 116 valence electrons. The lowest BCUT2D eigenvalue weighted by molar-refractivity contribution is 0.0828. The van der Waals surface area contributed by atoms with Crippen LogP contribution < -0.4 is 10.9 Å². The molecule has 0 radical (unpaired) electrons. The smallest absolute Gasteiger partial charge is 0.305 e. The third-order valence-corrected chi connectivity index (χ3v) is 3.53. The molecule has 2 amide bonds. The van der Waals surface area contributed by atoms with E-state index in [2.05, 4.69) is 37.0 Å². The van der Waals surface area contributed by atoms with Gasteiger partial charge in [-0.2, -0.15) is 5.10 Å². The highest BCUT2D eigenvalue weighted by atomic mass is 79.9. The summed E-state index contributed by atoms with van der Waals surface area (Å²) in [6, 6.07) is 12.2. The third kappa shape index (κ3) is 3.49. The molecular formula is C15H11BrN4O3. The molecule has 1 aromatic carbocycles. The van der Waals surface area contributed by atoms with E-state index in [9.17, 15) is 9.59 Å². The number of carbonyl (C=O) groups excluding carboxylic acids is 2. The molecule has 23 heavy (non-hydrogen) atoms. The van der Waals surface area contributed by atoms with E-state index in [1.165, 1.54) is 12.3 Å². The first-order valence-electron chi connectivity index (χ1n) is 6.59. The quantitative estimate of drug-likeness (QED) is 0.613. The average Bonchev–Trinajstić information content (AvgIpc) is 3.24. The Kier molecular flexibility index (Phi) is 4.24. The Balaban J connectivity index is 1.64. The van der Waals surface area contributed by atoms with Crippen LogP contribution >= 0.6 is 15.9 Å². The number of hydrazine groups is 1. The van der Waals surface area contributed by atoms with Gasteiger partial charge in [0.1, 0.15) is 5.69 Å². The van der Waals surface area contributed by atoms with Crippen molar-refractivity contribution in [2.75, 3.05) is 0 Å². The van der Waals surface area contributed by atoms with E-state index in [0.29, 0.717) is 5.69 Å². The van der Waals surface area contributed by atoms with E-state index in [1.807, 2.05) is 24.3 Å². The van der Waals surface area contributed by atoms with Crippen molar-refractivity contribution in [2.45, 2.75) is 0 Å². The summed E-state index contributed by atoms with van der Waals surface area (Å²) < 4.78 is 5.87. The van der Waals surface area contributed by atoms with E-state index < -0.39 is 11.8 Å². The highest BCUT2D eigenvalue weighted by Crippen LogP contribution is 2.20. The molecule has 0 aliphatic carbocycles. The number of hydrogen-bond donors (Lipinski definition) is 3. The first-order chi connectivity index (χ1) is 11.1. The number of halogens is 1. The van der Waals surface area contributed by atoms with E-state index in [0.717, 1.165) is 10.0 Å². The van der Waals surface area contributed by atoms with Crippen LogP contribution in [0.15, 0.2) is 57.6 Å². The number of H-pyrrole nitrogens is 1. The van der Waals surface area contributed by atoms with Crippen molar-refractivity contribution in [3.63, 3.8) is 0 Å². The van der Waals surface area contributed by atoms with Crippen molar-refractivity contribution in [3.05, 3.63) is 64.7 Å². The van der Waals surface area contributed by atoms with Crippen LogP contribution in [0.4, 0.5) is 0 Å². The van der Waals surface area contributed by atoms with Crippen LogP contribution in [0.1, 0.15) is 21.0 Å².